The van der Waals surface area contributed by atoms with Crippen molar-refractivity contribution in [2.45, 2.75) is 38.4 Å². The summed E-state index contributed by atoms with van der Waals surface area (Å²) in [4.78, 5) is 11.5. The lowest BCUT2D eigenvalue weighted by atomic mass is 10.0. The highest BCUT2D eigenvalue weighted by atomic mass is 35.5. The quantitative estimate of drug-likeness (QED) is 0.849. The Morgan fingerprint density at radius 3 is 3.09 bits per heavy atom. The molecule has 2 aromatic rings. The van der Waals surface area contributed by atoms with Gasteiger partial charge in [0.05, 0.1) is 6.20 Å². The lowest BCUT2D eigenvalue weighted by Crippen LogP contribution is -2.38. The van der Waals surface area contributed by atoms with E-state index >= 15 is 0 Å². The normalized spacial score (nSPS) is 14.7. The first-order valence-corrected chi connectivity index (χ1v) is 7.86. The molecular formula is C16H17ClFN3O2. The van der Waals surface area contributed by atoms with E-state index in [9.17, 15) is 14.3 Å². The number of hydrogen-bond acceptors (Lipinski definition) is 3. The van der Waals surface area contributed by atoms with Crippen LogP contribution >= 0.6 is 11.6 Å². The van der Waals surface area contributed by atoms with Crippen molar-refractivity contribution in [3.63, 3.8) is 0 Å². The van der Waals surface area contributed by atoms with Crippen molar-refractivity contribution in [1.29, 1.82) is 0 Å². The summed E-state index contributed by atoms with van der Waals surface area (Å²) in [5.74, 6) is -1.47. The van der Waals surface area contributed by atoms with Crippen molar-refractivity contribution in [1.82, 2.24) is 15.1 Å². The molecule has 0 bridgehead atoms. The van der Waals surface area contributed by atoms with Crippen LogP contribution in [0.1, 0.15) is 23.2 Å². The number of hydrogen-bond donors (Lipinski definition) is 2. The maximum Gasteiger partial charge on any atom is 0.321 e. The topological polar surface area (TPSA) is 67.2 Å². The summed E-state index contributed by atoms with van der Waals surface area (Å²) < 4.78 is 15.7. The number of fused-ring (bicyclic) bond motifs is 1. The average Bonchev–Trinajstić information content (AvgIpc) is 3.10. The second kappa shape index (κ2) is 6.68. The molecule has 2 heterocycles. The van der Waals surface area contributed by atoms with Crippen molar-refractivity contribution >= 4 is 17.6 Å². The number of carboxylic acids is 1. The summed E-state index contributed by atoms with van der Waals surface area (Å²) in [6.45, 7) is 1.31. The second-order valence-electron chi connectivity index (χ2n) is 5.65. The average molecular weight is 338 g/mol. The lowest BCUT2D eigenvalue weighted by molar-refractivity contribution is -0.139. The summed E-state index contributed by atoms with van der Waals surface area (Å²) in [6, 6.07) is 3.27. The van der Waals surface area contributed by atoms with E-state index in [1.807, 2.05) is 4.68 Å². The predicted octanol–water partition coefficient (Wildman–Crippen LogP) is 2.41. The Hall–Kier alpha value is -1.92. The first kappa shape index (κ1) is 16.0. The number of carboxylic acid groups (broad SMARTS) is 1. The van der Waals surface area contributed by atoms with Gasteiger partial charge in [0, 0.05) is 35.8 Å². The Morgan fingerprint density at radius 1 is 1.48 bits per heavy atom. The van der Waals surface area contributed by atoms with Gasteiger partial charge in [0.2, 0.25) is 0 Å². The van der Waals surface area contributed by atoms with Crippen LogP contribution in [0, 0.1) is 5.82 Å². The fraction of sp³-hybridized carbons (Fsp3) is 0.375. The summed E-state index contributed by atoms with van der Waals surface area (Å²) in [5, 5.41) is 17.0. The first-order valence-electron chi connectivity index (χ1n) is 7.48. The van der Waals surface area contributed by atoms with E-state index in [0.29, 0.717) is 11.6 Å². The molecule has 122 valence electrons. The molecule has 0 fully saturated rings. The van der Waals surface area contributed by atoms with Crippen LogP contribution in [0.15, 0.2) is 24.4 Å². The minimum atomic E-state index is -1.02. The van der Waals surface area contributed by atoms with E-state index in [0.717, 1.165) is 30.6 Å². The van der Waals surface area contributed by atoms with Crippen molar-refractivity contribution in [2.24, 2.45) is 0 Å². The van der Waals surface area contributed by atoms with E-state index < -0.39 is 17.8 Å². The van der Waals surface area contributed by atoms with Crippen LogP contribution in [0.4, 0.5) is 4.39 Å². The van der Waals surface area contributed by atoms with Gasteiger partial charge in [0.15, 0.2) is 0 Å². The van der Waals surface area contributed by atoms with Gasteiger partial charge >= 0.3 is 5.97 Å². The largest absolute Gasteiger partial charge is 0.480 e. The maximum atomic E-state index is 13.8. The highest BCUT2D eigenvalue weighted by Crippen LogP contribution is 2.19. The molecular weight excluding hydrogens is 321 g/mol. The number of aromatic nitrogens is 2. The number of rotatable bonds is 6. The monoisotopic (exact) mass is 337 g/mol. The molecule has 1 aliphatic rings. The molecule has 0 radical (unpaired) electrons. The summed E-state index contributed by atoms with van der Waals surface area (Å²) in [6.07, 6.45) is 3.81. The number of nitrogens with zero attached hydrogens (tertiary/aromatic N) is 2. The molecule has 0 aliphatic carbocycles. The zero-order valence-corrected chi connectivity index (χ0v) is 13.2. The Bertz CT molecular complexity index is 732. The van der Waals surface area contributed by atoms with E-state index in [1.54, 1.807) is 6.20 Å². The fourth-order valence-corrected chi connectivity index (χ4v) is 3.07. The highest BCUT2D eigenvalue weighted by Gasteiger charge is 2.22. The van der Waals surface area contributed by atoms with Gasteiger partial charge in [-0.3, -0.25) is 14.8 Å². The molecule has 0 spiro atoms. The molecule has 0 unspecified atom stereocenters. The molecule has 23 heavy (non-hydrogen) atoms. The van der Waals surface area contributed by atoms with Crippen LogP contribution in [0.2, 0.25) is 5.02 Å². The molecule has 3 rings (SSSR count). The number of benzene rings is 1. The number of nitrogens with one attached hydrogen (secondary N) is 1. The van der Waals surface area contributed by atoms with Gasteiger partial charge in [0.25, 0.3) is 0 Å². The Labute approximate surface area is 138 Å². The first-order chi connectivity index (χ1) is 11.0. The van der Waals surface area contributed by atoms with Crippen LogP contribution in [0.25, 0.3) is 0 Å². The van der Waals surface area contributed by atoms with Crippen molar-refractivity contribution in [3.8, 4) is 0 Å². The molecule has 1 aliphatic heterocycles. The Kier molecular flexibility index (Phi) is 4.63. The zero-order chi connectivity index (χ0) is 16.4. The molecule has 0 amide bonds. The molecule has 1 atom stereocenters. The maximum absolute atomic E-state index is 13.8. The van der Waals surface area contributed by atoms with E-state index in [1.165, 1.54) is 18.2 Å². The third-order valence-electron chi connectivity index (χ3n) is 4.09. The highest BCUT2D eigenvalue weighted by molar-refractivity contribution is 6.30. The standard InChI is InChI=1S/C16H17ClFN3O2/c17-12-3-4-13(18)10(6-12)7-14(16(22)23)19-8-11-9-20-21-5-1-2-15(11)21/h3-4,6,9,14,19H,1-2,5,7-8H2,(H,22,23)/t14-/m1/s1. The van der Waals surface area contributed by atoms with Gasteiger partial charge in [-0.1, -0.05) is 11.6 Å². The van der Waals surface area contributed by atoms with E-state index in [2.05, 4.69) is 10.4 Å². The van der Waals surface area contributed by atoms with E-state index in [-0.39, 0.29) is 12.0 Å². The third kappa shape index (κ3) is 3.54. The number of aryl methyl sites for hydroxylation is 1. The smallest absolute Gasteiger partial charge is 0.321 e. The Balaban J connectivity index is 1.69. The van der Waals surface area contributed by atoms with Gasteiger partial charge < -0.3 is 5.11 Å². The van der Waals surface area contributed by atoms with Crippen LogP contribution in [-0.2, 0) is 30.7 Å². The van der Waals surface area contributed by atoms with Gasteiger partial charge in [-0.25, -0.2) is 4.39 Å². The van der Waals surface area contributed by atoms with Crippen LogP contribution in [0.3, 0.4) is 0 Å². The number of carbonyl (C=O) groups is 1. The van der Waals surface area contributed by atoms with Gasteiger partial charge in [-0.15, -0.1) is 0 Å². The lowest BCUT2D eigenvalue weighted by Gasteiger charge is -2.15. The zero-order valence-electron chi connectivity index (χ0n) is 12.4. The molecule has 0 saturated heterocycles. The van der Waals surface area contributed by atoms with E-state index in [4.69, 9.17) is 11.6 Å². The second-order valence-corrected chi connectivity index (χ2v) is 6.09. The van der Waals surface area contributed by atoms with Gasteiger partial charge in [-0.05, 0) is 36.6 Å². The van der Waals surface area contributed by atoms with Crippen molar-refractivity contribution in [3.05, 3.63) is 52.1 Å². The molecule has 2 N–H and O–H groups in total. The number of aliphatic carboxylic acids is 1. The van der Waals surface area contributed by atoms with Gasteiger partial charge in [-0.2, -0.15) is 5.10 Å². The fourth-order valence-electron chi connectivity index (χ4n) is 2.88. The minimum Gasteiger partial charge on any atom is -0.480 e. The van der Waals surface area contributed by atoms with Crippen LogP contribution in [-0.4, -0.2) is 26.9 Å². The predicted molar refractivity (Wildman–Crippen MR) is 83.9 cm³/mol. The minimum absolute atomic E-state index is 0.0329. The molecule has 5 nitrogen and oxygen atoms in total. The number of halogens is 2. The van der Waals surface area contributed by atoms with Crippen LogP contribution in [0.5, 0.6) is 0 Å². The van der Waals surface area contributed by atoms with Crippen LogP contribution < -0.4 is 5.32 Å². The van der Waals surface area contributed by atoms with Gasteiger partial charge in [0.1, 0.15) is 11.9 Å². The SMILES string of the molecule is O=C(O)[C@@H](Cc1cc(Cl)ccc1F)NCc1cnn2c1CCC2. The Morgan fingerprint density at radius 2 is 2.30 bits per heavy atom. The van der Waals surface area contributed by atoms with Crippen molar-refractivity contribution in [2.75, 3.05) is 0 Å². The summed E-state index contributed by atoms with van der Waals surface area (Å²) >= 11 is 5.86. The molecule has 0 saturated carbocycles. The molecule has 7 heteroatoms. The summed E-state index contributed by atoms with van der Waals surface area (Å²) in [7, 11) is 0. The molecule has 1 aromatic heterocycles. The van der Waals surface area contributed by atoms with Crippen molar-refractivity contribution < 1.29 is 14.3 Å². The summed E-state index contributed by atoms with van der Waals surface area (Å²) in [5.41, 5.74) is 2.44. The third-order valence-corrected chi connectivity index (χ3v) is 4.32. The molecule has 1 aromatic carbocycles.